The molecule has 42 heavy (non-hydrogen) atoms. The third-order valence-electron chi connectivity index (χ3n) is 8.84. The second kappa shape index (κ2) is 7.93. The molecule has 0 aliphatic rings. The maximum Gasteiger partial charge on any atom is 0.235 e. The standard InChI is InChI=1S/C38H22N4/c1-2-12-23(13-3-1)35-26-16-4-8-18-30(26)39-38(40-35)42-32-20-10-6-15-25(32)29-22-28-24-14-5-9-19-31(24)41-33-21-11-7-17-27(33)34(36(28)41)37(29)42/h1-22H. The van der Waals surface area contributed by atoms with E-state index in [0.717, 1.165) is 33.2 Å². The van der Waals surface area contributed by atoms with Crippen LogP contribution in [0.5, 0.6) is 0 Å². The van der Waals surface area contributed by atoms with Gasteiger partial charge in [0.15, 0.2) is 0 Å². The van der Waals surface area contributed by atoms with E-state index in [-0.39, 0.29) is 0 Å². The molecular formula is C38H22N4. The molecule has 0 saturated heterocycles. The second-order valence-corrected chi connectivity index (χ2v) is 11.0. The summed E-state index contributed by atoms with van der Waals surface area (Å²) in [4.78, 5) is 10.6. The normalized spacial score (nSPS) is 12.3. The number of para-hydroxylation sites is 4. The molecule has 0 atom stereocenters. The third kappa shape index (κ3) is 2.71. The van der Waals surface area contributed by atoms with Crippen LogP contribution >= 0.6 is 0 Å². The van der Waals surface area contributed by atoms with Gasteiger partial charge in [-0.05, 0) is 30.3 Å². The van der Waals surface area contributed by atoms with Crippen molar-refractivity contribution in [1.82, 2.24) is 18.9 Å². The molecule has 4 nitrogen and oxygen atoms in total. The molecular weight excluding hydrogens is 512 g/mol. The summed E-state index contributed by atoms with van der Waals surface area (Å²) in [7, 11) is 0. The van der Waals surface area contributed by atoms with E-state index >= 15 is 0 Å². The smallest absolute Gasteiger partial charge is 0.235 e. The Hall–Kier alpha value is -5.74. The summed E-state index contributed by atoms with van der Waals surface area (Å²) in [6.45, 7) is 0. The van der Waals surface area contributed by atoms with Crippen LogP contribution in [-0.4, -0.2) is 18.9 Å². The first-order valence-electron chi connectivity index (χ1n) is 14.3. The van der Waals surface area contributed by atoms with Crippen molar-refractivity contribution in [3.05, 3.63) is 133 Å². The number of hydrogen-bond donors (Lipinski definition) is 0. The van der Waals surface area contributed by atoms with E-state index in [1.54, 1.807) is 0 Å². The van der Waals surface area contributed by atoms with Gasteiger partial charge in [0.2, 0.25) is 5.95 Å². The van der Waals surface area contributed by atoms with Crippen LogP contribution in [0.1, 0.15) is 0 Å². The summed E-state index contributed by atoms with van der Waals surface area (Å²) >= 11 is 0. The summed E-state index contributed by atoms with van der Waals surface area (Å²) in [5.74, 6) is 0.682. The molecule has 10 aromatic rings. The molecule has 0 N–H and O–H groups in total. The van der Waals surface area contributed by atoms with E-state index in [4.69, 9.17) is 9.97 Å². The highest BCUT2D eigenvalue weighted by Crippen LogP contribution is 2.46. The van der Waals surface area contributed by atoms with Crippen LogP contribution in [0.15, 0.2) is 133 Å². The van der Waals surface area contributed by atoms with Crippen LogP contribution in [0.2, 0.25) is 0 Å². The van der Waals surface area contributed by atoms with Gasteiger partial charge < -0.3 is 4.40 Å². The van der Waals surface area contributed by atoms with E-state index < -0.39 is 0 Å². The van der Waals surface area contributed by atoms with Gasteiger partial charge in [-0.25, -0.2) is 9.97 Å². The highest BCUT2D eigenvalue weighted by Gasteiger charge is 2.25. The first kappa shape index (κ1) is 22.0. The number of benzene rings is 6. The summed E-state index contributed by atoms with van der Waals surface area (Å²) in [5.41, 5.74) is 8.89. The fourth-order valence-corrected chi connectivity index (χ4v) is 7.14. The predicted molar refractivity (Wildman–Crippen MR) is 174 cm³/mol. The van der Waals surface area contributed by atoms with Gasteiger partial charge in [0.05, 0.1) is 38.8 Å². The Balaban J connectivity index is 1.47. The monoisotopic (exact) mass is 534 g/mol. The number of nitrogens with zero attached hydrogens (tertiary/aromatic N) is 4. The maximum absolute atomic E-state index is 5.33. The van der Waals surface area contributed by atoms with Crippen molar-refractivity contribution in [2.45, 2.75) is 0 Å². The van der Waals surface area contributed by atoms with Crippen molar-refractivity contribution >= 4 is 70.8 Å². The molecule has 0 radical (unpaired) electrons. The van der Waals surface area contributed by atoms with Crippen LogP contribution in [0.4, 0.5) is 0 Å². The maximum atomic E-state index is 5.33. The van der Waals surface area contributed by atoms with Crippen molar-refractivity contribution < 1.29 is 0 Å². The van der Waals surface area contributed by atoms with Crippen molar-refractivity contribution in [3.8, 4) is 17.2 Å². The average molecular weight is 535 g/mol. The lowest BCUT2D eigenvalue weighted by atomic mass is 10.0. The predicted octanol–water partition coefficient (Wildman–Crippen LogP) is 9.54. The number of hydrogen-bond acceptors (Lipinski definition) is 2. The summed E-state index contributed by atoms with van der Waals surface area (Å²) in [6.07, 6.45) is 0. The molecule has 0 saturated carbocycles. The number of fused-ring (bicyclic) bond motifs is 11. The zero-order valence-electron chi connectivity index (χ0n) is 22.5. The zero-order valence-corrected chi connectivity index (χ0v) is 22.5. The lowest BCUT2D eigenvalue weighted by Crippen LogP contribution is -2.03. The topological polar surface area (TPSA) is 35.1 Å². The molecule has 0 amide bonds. The Bertz CT molecular complexity index is 2680. The van der Waals surface area contributed by atoms with Crippen molar-refractivity contribution in [1.29, 1.82) is 0 Å². The van der Waals surface area contributed by atoms with Gasteiger partial charge in [-0.3, -0.25) is 4.57 Å². The van der Waals surface area contributed by atoms with Crippen molar-refractivity contribution in [2.75, 3.05) is 0 Å². The molecule has 4 heteroatoms. The summed E-state index contributed by atoms with van der Waals surface area (Å²) < 4.78 is 4.73. The van der Waals surface area contributed by atoms with Gasteiger partial charge in [-0.1, -0.05) is 103 Å². The molecule has 194 valence electrons. The van der Waals surface area contributed by atoms with Gasteiger partial charge >= 0.3 is 0 Å². The fraction of sp³-hybridized carbons (Fsp3) is 0. The molecule has 0 aliphatic heterocycles. The number of rotatable bonds is 2. The molecule has 4 aromatic heterocycles. The Labute approximate surface area is 240 Å². The van der Waals surface area contributed by atoms with Gasteiger partial charge in [0.25, 0.3) is 0 Å². The first-order valence-corrected chi connectivity index (χ1v) is 14.3. The molecule has 6 aromatic carbocycles. The molecule has 4 heterocycles. The number of aromatic nitrogens is 4. The van der Waals surface area contributed by atoms with E-state index in [1.807, 2.05) is 6.07 Å². The van der Waals surface area contributed by atoms with E-state index in [2.05, 4.69) is 136 Å². The molecule has 0 bridgehead atoms. The van der Waals surface area contributed by atoms with Gasteiger partial charge in [0.1, 0.15) is 0 Å². The quantitative estimate of drug-likeness (QED) is 0.221. The molecule has 10 rings (SSSR count). The van der Waals surface area contributed by atoms with Gasteiger partial charge in [-0.15, -0.1) is 0 Å². The Morgan fingerprint density at radius 3 is 1.79 bits per heavy atom. The minimum Gasteiger partial charge on any atom is -0.308 e. The Kier molecular flexibility index (Phi) is 4.15. The van der Waals surface area contributed by atoms with Crippen LogP contribution in [0.3, 0.4) is 0 Å². The largest absolute Gasteiger partial charge is 0.308 e. The van der Waals surface area contributed by atoms with Crippen molar-refractivity contribution in [2.24, 2.45) is 0 Å². The van der Waals surface area contributed by atoms with Crippen LogP contribution in [0, 0.1) is 0 Å². The molecule has 0 fully saturated rings. The van der Waals surface area contributed by atoms with E-state index in [9.17, 15) is 0 Å². The fourth-order valence-electron chi connectivity index (χ4n) is 7.14. The van der Waals surface area contributed by atoms with Gasteiger partial charge in [-0.2, -0.15) is 0 Å². The summed E-state index contributed by atoms with van der Waals surface area (Å²) in [5, 5.41) is 8.48. The average Bonchev–Trinajstić information content (AvgIpc) is 3.69. The van der Waals surface area contributed by atoms with Crippen LogP contribution in [0.25, 0.3) is 88.0 Å². The summed E-state index contributed by atoms with van der Waals surface area (Å²) in [6, 6.07) is 47.3. The van der Waals surface area contributed by atoms with Gasteiger partial charge in [0, 0.05) is 43.3 Å². The SMILES string of the molecule is c1ccc(-c2nc(-n3c4ccccc4c4cc5c6ccccc6n6c7ccccc7c(c43)c56)nc3ccccc23)cc1. The van der Waals surface area contributed by atoms with E-state index in [0.29, 0.717) is 5.95 Å². The molecule has 0 aliphatic carbocycles. The molecule has 0 spiro atoms. The minimum atomic E-state index is 0.682. The zero-order chi connectivity index (χ0) is 27.4. The lowest BCUT2D eigenvalue weighted by Gasteiger charge is -2.12. The highest BCUT2D eigenvalue weighted by molar-refractivity contribution is 6.34. The second-order valence-electron chi connectivity index (χ2n) is 11.0. The Morgan fingerprint density at radius 2 is 1.00 bits per heavy atom. The third-order valence-corrected chi connectivity index (χ3v) is 8.84. The van der Waals surface area contributed by atoms with Crippen LogP contribution < -0.4 is 0 Å². The van der Waals surface area contributed by atoms with Crippen molar-refractivity contribution in [3.63, 3.8) is 0 Å². The van der Waals surface area contributed by atoms with E-state index in [1.165, 1.54) is 48.9 Å². The van der Waals surface area contributed by atoms with Crippen LogP contribution in [-0.2, 0) is 0 Å². The Morgan fingerprint density at radius 1 is 0.429 bits per heavy atom. The molecule has 0 unspecified atom stereocenters. The lowest BCUT2D eigenvalue weighted by molar-refractivity contribution is 1.02. The first-order chi connectivity index (χ1) is 20.9. The minimum absolute atomic E-state index is 0.682. The highest BCUT2D eigenvalue weighted by atomic mass is 15.2.